The van der Waals surface area contributed by atoms with Crippen molar-refractivity contribution < 1.29 is 12.8 Å². The van der Waals surface area contributed by atoms with E-state index >= 15 is 0 Å². The Morgan fingerprint density at radius 2 is 2.11 bits per heavy atom. The monoisotopic (exact) mass is 510 g/mol. The van der Waals surface area contributed by atoms with Gasteiger partial charge in [-0.2, -0.15) is 0 Å². The predicted octanol–water partition coefficient (Wildman–Crippen LogP) is 2.34. The van der Waals surface area contributed by atoms with E-state index in [-0.39, 0.29) is 29.2 Å². The van der Waals surface area contributed by atoms with Gasteiger partial charge in [0.15, 0.2) is 5.96 Å². The standard InChI is InChI=1S/C18H30N4O3S.HI/c1-2-20-26(23,24)17-10-12-22(14-17)18(21-15-6-3-4-7-15)19-11-9-16-8-5-13-25-16;/h5,8,13,15,17,20H,2-4,6-7,9-12,14H2,1H3,(H,19,21);1H. The van der Waals surface area contributed by atoms with Gasteiger partial charge in [-0.1, -0.05) is 19.8 Å². The number of nitrogens with one attached hydrogen (secondary N) is 2. The highest BCUT2D eigenvalue weighted by atomic mass is 127. The zero-order valence-electron chi connectivity index (χ0n) is 15.9. The highest BCUT2D eigenvalue weighted by molar-refractivity contribution is 14.0. The zero-order chi connectivity index (χ0) is 18.4. The molecule has 0 radical (unpaired) electrons. The molecule has 7 nitrogen and oxygen atoms in total. The maximum absolute atomic E-state index is 12.3. The molecule has 0 aromatic carbocycles. The van der Waals surface area contributed by atoms with Crippen LogP contribution in [-0.2, 0) is 16.4 Å². The van der Waals surface area contributed by atoms with E-state index in [1.807, 2.05) is 19.1 Å². The quantitative estimate of drug-likeness (QED) is 0.334. The van der Waals surface area contributed by atoms with Crippen LogP contribution in [0.15, 0.2) is 27.8 Å². The maximum atomic E-state index is 12.3. The summed E-state index contributed by atoms with van der Waals surface area (Å²) in [5.41, 5.74) is 0. The molecule has 2 N–H and O–H groups in total. The molecule has 1 atom stereocenters. The molecule has 0 amide bonds. The molecule has 27 heavy (non-hydrogen) atoms. The lowest BCUT2D eigenvalue weighted by atomic mass is 10.2. The Bertz CT molecular complexity index is 687. The highest BCUT2D eigenvalue weighted by Gasteiger charge is 2.34. The van der Waals surface area contributed by atoms with Crippen molar-refractivity contribution in [3.05, 3.63) is 24.2 Å². The van der Waals surface area contributed by atoms with Crippen molar-refractivity contribution in [3.63, 3.8) is 0 Å². The molecule has 1 aromatic heterocycles. The second-order valence-electron chi connectivity index (χ2n) is 7.06. The normalized spacial score (nSPS) is 21.4. The zero-order valence-corrected chi connectivity index (χ0v) is 19.0. The second kappa shape index (κ2) is 10.7. The number of aliphatic imine (C=N–C) groups is 1. The summed E-state index contributed by atoms with van der Waals surface area (Å²) in [7, 11) is -3.25. The van der Waals surface area contributed by atoms with E-state index in [4.69, 9.17) is 9.41 Å². The van der Waals surface area contributed by atoms with Gasteiger partial charge in [-0.05, 0) is 31.4 Å². The first-order valence-corrected chi connectivity index (χ1v) is 11.2. The van der Waals surface area contributed by atoms with Crippen LogP contribution in [0.2, 0.25) is 0 Å². The smallest absolute Gasteiger partial charge is 0.216 e. The van der Waals surface area contributed by atoms with E-state index in [1.54, 1.807) is 6.26 Å². The second-order valence-corrected chi connectivity index (χ2v) is 9.11. The minimum absolute atomic E-state index is 0. The fraction of sp³-hybridized carbons (Fsp3) is 0.722. The van der Waals surface area contributed by atoms with Gasteiger partial charge in [0.2, 0.25) is 10.0 Å². The first-order chi connectivity index (χ1) is 12.6. The van der Waals surface area contributed by atoms with E-state index in [9.17, 15) is 8.42 Å². The van der Waals surface area contributed by atoms with E-state index < -0.39 is 10.0 Å². The lowest BCUT2D eigenvalue weighted by Crippen LogP contribution is -2.45. The van der Waals surface area contributed by atoms with E-state index in [0.29, 0.717) is 38.6 Å². The molecule has 2 aliphatic rings. The summed E-state index contributed by atoms with van der Waals surface area (Å²) < 4.78 is 32.6. The van der Waals surface area contributed by atoms with Gasteiger partial charge in [0.1, 0.15) is 5.76 Å². The third-order valence-electron chi connectivity index (χ3n) is 5.12. The molecule has 0 bridgehead atoms. The summed E-state index contributed by atoms with van der Waals surface area (Å²) in [6.07, 6.45) is 7.86. The van der Waals surface area contributed by atoms with Crippen molar-refractivity contribution in [2.45, 2.75) is 56.7 Å². The third-order valence-corrected chi connectivity index (χ3v) is 7.07. The van der Waals surface area contributed by atoms with Crippen LogP contribution in [0.25, 0.3) is 0 Å². The van der Waals surface area contributed by atoms with Gasteiger partial charge in [-0.25, -0.2) is 13.1 Å². The van der Waals surface area contributed by atoms with Gasteiger partial charge in [0.05, 0.1) is 11.5 Å². The number of rotatable bonds is 7. The summed E-state index contributed by atoms with van der Waals surface area (Å²) in [5.74, 6) is 1.76. The molecule has 1 aliphatic heterocycles. The van der Waals surface area contributed by atoms with Crippen LogP contribution in [-0.4, -0.2) is 56.7 Å². The number of hydrogen-bond acceptors (Lipinski definition) is 4. The molecule has 1 aliphatic carbocycles. The third kappa shape index (κ3) is 6.35. The Hall–Kier alpha value is -0.810. The van der Waals surface area contributed by atoms with E-state index in [0.717, 1.165) is 31.0 Å². The highest BCUT2D eigenvalue weighted by Crippen LogP contribution is 2.20. The number of halogens is 1. The number of hydrogen-bond donors (Lipinski definition) is 2. The SMILES string of the molecule is CCNS(=O)(=O)C1CCN(C(=NCCc2ccco2)NC2CCCC2)C1.I. The Balaban J connectivity index is 0.00000261. The van der Waals surface area contributed by atoms with Gasteiger partial charge in [0, 0.05) is 38.6 Å². The summed E-state index contributed by atoms with van der Waals surface area (Å²) in [6, 6.07) is 4.28. The molecule has 0 spiro atoms. The molecule has 1 unspecified atom stereocenters. The maximum Gasteiger partial charge on any atom is 0.216 e. The van der Waals surface area contributed by atoms with Crippen LogP contribution < -0.4 is 10.0 Å². The largest absolute Gasteiger partial charge is 0.469 e. The Labute approximate surface area is 179 Å². The average molecular weight is 510 g/mol. The van der Waals surface area contributed by atoms with Gasteiger partial charge in [-0.15, -0.1) is 24.0 Å². The van der Waals surface area contributed by atoms with Crippen molar-refractivity contribution in [2.24, 2.45) is 4.99 Å². The van der Waals surface area contributed by atoms with Gasteiger partial charge in [0.25, 0.3) is 0 Å². The van der Waals surface area contributed by atoms with Gasteiger partial charge in [-0.3, -0.25) is 4.99 Å². The van der Waals surface area contributed by atoms with Crippen LogP contribution in [0.1, 0.15) is 44.8 Å². The van der Waals surface area contributed by atoms with E-state index in [2.05, 4.69) is 14.9 Å². The first kappa shape index (κ1) is 22.5. The molecular weight excluding hydrogens is 479 g/mol. The number of furan rings is 1. The van der Waals surface area contributed by atoms with Crippen LogP contribution >= 0.6 is 24.0 Å². The molecule has 1 aromatic rings. The van der Waals surface area contributed by atoms with Crippen molar-refractivity contribution in [1.29, 1.82) is 0 Å². The van der Waals surface area contributed by atoms with Crippen molar-refractivity contribution in [3.8, 4) is 0 Å². The lowest BCUT2D eigenvalue weighted by Gasteiger charge is -2.25. The Morgan fingerprint density at radius 1 is 1.33 bits per heavy atom. The minimum atomic E-state index is -3.25. The molecule has 3 rings (SSSR count). The molecular formula is C18H31IN4O3S. The average Bonchev–Trinajstić information content (AvgIpc) is 3.36. The van der Waals surface area contributed by atoms with Crippen LogP contribution in [0, 0.1) is 0 Å². The first-order valence-electron chi connectivity index (χ1n) is 9.65. The fourth-order valence-corrected chi connectivity index (χ4v) is 5.14. The Morgan fingerprint density at radius 3 is 2.78 bits per heavy atom. The van der Waals surface area contributed by atoms with E-state index in [1.165, 1.54) is 12.8 Å². The Kier molecular flexibility index (Phi) is 8.87. The molecule has 1 saturated carbocycles. The number of nitrogens with zero attached hydrogens (tertiary/aromatic N) is 2. The predicted molar refractivity (Wildman–Crippen MR) is 118 cm³/mol. The van der Waals surface area contributed by atoms with Crippen LogP contribution in [0.4, 0.5) is 0 Å². The number of sulfonamides is 1. The van der Waals surface area contributed by atoms with Crippen molar-refractivity contribution in [1.82, 2.24) is 14.9 Å². The van der Waals surface area contributed by atoms with Crippen LogP contribution in [0.5, 0.6) is 0 Å². The number of guanidine groups is 1. The summed E-state index contributed by atoms with van der Waals surface area (Å²) in [5, 5.41) is 3.20. The lowest BCUT2D eigenvalue weighted by molar-refractivity contribution is 0.467. The van der Waals surface area contributed by atoms with Crippen LogP contribution in [0.3, 0.4) is 0 Å². The van der Waals surface area contributed by atoms with Gasteiger partial charge < -0.3 is 14.6 Å². The fourth-order valence-electron chi connectivity index (χ4n) is 3.71. The minimum Gasteiger partial charge on any atom is -0.469 e. The summed E-state index contributed by atoms with van der Waals surface area (Å²) in [6.45, 7) is 4.09. The van der Waals surface area contributed by atoms with Crippen molar-refractivity contribution >= 4 is 40.0 Å². The molecule has 2 fully saturated rings. The summed E-state index contributed by atoms with van der Waals surface area (Å²) in [4.78, 5) is 6.86. The molecule has 9 heteroatoms. The van der Waals surface area contributed by atoms with Gasteiger partial charge >= 0.3 is 0 Å². The molecule has 1 saturated heterocycles. The topological polar surface area (TPSA) is 86.9 Å². The molecule has 154 valence electrons. The van der Waals surface area contributed by atoms with Crippen molar-refractivity contribution in [2.75, 3.05) is 26.2 Å². The molecule has 2 heterocycles. The number of likely N-dealkylation sites (tertiary alicyclic amines) is 1. The summed E-state index contributed by atoms with van der Waals surface area (Å²) >= 11 is 0.